The molecular formula is C20H19F4N3O2. The van der Waals surface area contributed by atoms with Crippen molar-refractivity contribution in [1.29, 1.82) is 0 Å². The molecule has 0 aliphatic heterocycles. The first kappa shape index (κ1) is 20.6. The third-order valence-corrected chi connectivity index (χ3v) is 4.24. The summed E-state index contributed by atoms with van der Waals surface area (Å²) in [5, 5.41) is 11.6. The van der Waals surface area contributed by atoms with Gasteiger partial charge in [0.15, 0.2) is 5.82 Å². The molecule has 3 rings (SSSR count). The molecule has 0 saturated heterocycles. The molecule has 1 amide bonds. The lowest BCUT2D eigenvalue weighted by atomic mass is 9.87. The van der Waals surface area contributed by atoms with E-state index in [9.17, 15) is 27.5 Å². The van der Waals surface area contributed by atoms with Crippen LogP contribution in [0.3, 0.4) is 0 Å². The maximum atomic E-state index is 14.4. The van der Waals surface area contributed by atoms with Gasteiger partial charge in [0.25, 0.3) is 0 Å². The summed E-state index contributed by atoms with van der Waals surface area (Å²) in [4.78, 5) is 15.5. The van der Waals surface area contributed by atoms with Gasteiger partial charge in [-0.25, -0.2) is 27.3 Å². The van der Waals surface area contributed by atoms with Crippen molar-refractivity contribution < 1.29 is 27.5 Å². The molecule has 1 unspecified atom stereocenters. The van der Waals surface area contributed by atoms with E-state index >= 15 is 0 Å². The maximum absolute atomic E-state index is 14.4. The molecular weight excluding hydrogens is 390 g/mol. The highest BCUT2D eigenvalue weighted by Crippen LogP contribution is 2.34. The quantitative estimate of drug-likeness (QED) is 0.573. The fourth-order valence-corrected chi connectivity index (χ4v) is 3.26. The van der Waals surface area contributed by atoms with Crippen LogP contribution in [-0.4, -0.2) is 20.8 Å². The van der Waals surface area contributed by atoms with E-state index in [1.54, 1.807) is 0 Å². The highest BCUT2D eigenvalue weighted by atomic mass is 19.1. The Hall–Kier alpha value is -3.10. The first-order valence-electron chi connectivity index (χ1n) is 8.78. The SMILES string of the molecule is CC(C)(C)CC(NC(=O)O)c1nc2c(F)cc(F)cc2n1-c1cc(F)cc(F)c1. The number of carboxylic acid groups (broad SMARTS) is 1. The molecule has 0 fully saturated rings. The van der Waals surface area contributed by atoms with Crippen molar-refractivity contribution in [2.45, 2.75) is 33.2 Å². The predicted molar refractivity (Wildman–Crippen MR) is 98.9 cm³/mol. The molecule has 154 valence electrons. The van der Waals surface area contributed by atoms with Crippen molar-refractivity contribution in [1.82, 2.24) is 14.9 Å². The Labute approximate surface area is 164 Å². The van der Waals surface area contributed by atoms with E-state index in [1.807, 2.05) is 20.8 Å². The van der Waals surface area contributed by atoms with Gasteiger partial charge in [-0.05, 0) is 24.0 Å². The van der Waals surface area contributed by atoms with E-state index in [-0.39, 0.29) is 34.4 Å². The van der Waals surface area contributed by atoms with Gasteiger partial charge >= 0.3 is 6.09 Å². The second-order valence-electron chi connectivity index (χ2n) is 7.96. The summed E-state index contributed by atoms with van der Waals surface area (Å²) in [5.74, 6) is -3.68. The minimum Gasteiger partial charge on any atom is -0.465 e. The highest BCUT2D eigenvalue weighted by Gasteiger charge is 2.29. The number of nitrogens with one attached hydrogen (secondary N) is 1. The number of fused-ring (bicyclic) bond motifs is 1. The average Bonchev–Trinajstić information content (AvgIpc) is 2.91. The number of benzene rings is 2. The third kappa shape index (κ3) is 4.49. The van der Waals surface area contributed by atoms with Gasteiger partial charge in [0, 0.05) is 18.2 Å². The third-order valence-electron chi connectivity index (χ3n) is 4.24. The van der Waals surface area contributed by atoms with Crippen LogP contribution < -0.4 is 5.32 Å². The lowest BCUT2D eigenvalue weighted by molar-refractivity contribution is 0.183. The number of halogens is 4. The molecule has 1 atom stereocenters. The number of hydrogen-bond donors (Lipinski definition) is 2. The second kappa shape index (κ2) is 7.38. The van der Waals surface area contributed by atoms with Gasteiger partial charge in [-0.2, -0.15) is 0 Å². The number of carbonyl (C=O) groups is 1. The van der Waals surface area contributed by atoms with Gasteiger partial charge in [-0.1, -0.05) is 20.8 Å². The molecule has 2 N–H and O–H groups in total. The van der Waals surface area contributed by atoms with Crippen LogP contribution in [0.4, 0.5) is 22.4 Å². The van der Waals surface area contributed by atoms with Gasteiger partial charge in [0.2, 0.25) is 0 Å². The van der Waals surface area contributed by atoms with Crippen LogP contribution in [0.5, 0.6) is 0 Å². The van der Waals surface area contributed by atoms with Gasteiger partial charge in [0.05, 0.1) is 17.2 Å². The average molecular weight is 409 g/mol. The molecule has 0 bridgehead atoms. The fraction of sp³-hybridized carbons (Fsp3) is 0.300. The lowest BCUT2D eigenvalue weighted by Gasteiger charge is -2.26. The Bertz CT molecular complexity index is 1070. The summed E-state index contributed by atoms with van der Waals surface area (Å²) in [6.45, 7) is 5.58. The van der Waals surface area contributed by atoms with Crippen LogP contribution >= 0.6 is 0 Å². The van der Waals surface area contributed by atoms with E-state index in [1.165, 1.54) is 4.57 Å². The summed E-state index contributed by atoms with van der Waals surface area (Å²) >= 11 is 0. The molecule has 0 saturated carbocycles. The molecule has 0 aliphatic carbocycles. The Morgan fingerprint density at radius 1 is 1.07 bits per heavy atom. The molecule has 3 aromatic rings. The number of rotatable bonds is 4. The number of aromatic nitrogens is 2. The zero-order valence-corrected chi connectivity index (χ0v) is 15.9. The Kier molecular flexibility index (Phi) is 5.25. The number of amides is 1. The smallest absolute Gasteiger partial charge is 0.405 e. The molecule has 2 aromatic carbocycles. The Morgan fingerprint density at radius 2 is 1.66 bits per heavy atom. The summed E-state index contributed by atoms with van der Waals surface area (Å²) in [7, 11) is 0. The van der Waals surface area contributed by atoms with E-state index in [4.69, 9.17) is 0 Å². The number of hydrogen-bond acceptors (Lipinski definition) is 2. The molecule has 1 heterocycles. The second-order valence-corrected chi connectivity index (χ2v) is 7.96. The van der Waals surface area contributed by atoms with Gasteiger partial charge in [-0.15, -0.1) is 0 Å². The Balaban J connectivity index is 2.35. The fourth-order valence-electron chi connectivity index (χ4n) is 3.26. The Morgan fingerprint density at radius 3 is 2.21 bits per heavy atom. The predicted octanol–water partition coefficient (Wildman–Crippen LogP) is 5.33. The molecule has 0 spiro atoms. The van der Waals surface area contributed by atoms with Crippen molar-refractivity contribution >= 4 is 17.1 Å². The molecule has 1 aromatic heterocycles. The topological polar surface area (TPSA) is 67.2 Å². The van der Waals surface area contributed by atoms with Gasteiger partial charge < -0.3 is 10.4 Å². The van der Waals surface area contributed by atoms with Gasteiger partial charge in [-0.3, -0.25) is 4.57 Å². The summed E-state index contributed by atoms with van der Waals surface area (Å²) in [6.07, 6.45) is -1.11. The number of nitrogens with zero attached hydrogens (tertiary/aromatic N) is 2. The van der Waals surface area contributed by atoms with Crippen molar-refractivity contribution in [2.24, 2.45) is 5.41 Å². The van der Waals surface area contributed by atoms with Gasteiger partial charge in [0.1, 0.15) is 28.8 Å². The van der Waals surface area contributed by atoms with Crippen LogP contribution in [0.15, 0.2) is 30.3 Å². The van der Waals surface area contributed by atoms with Crippen LogP contribution in [-0.2, 0) is 0 Å². The van der Waals surface area contributed by atoms with Crippen LogP contribution in [0.1, 0.15) is 39.1 Å². The highest BCUT2D eigenvalue weighted by molar-refractivity contribution is 5.79. The zero-order valence-electron chi connectivity index (χ0n) is 15.9. The minimum absolute atomic E-state index is 0.00757. The summed E-state index contributed by atoms with van der Waals surface area (Å²) in [6, 6.07) is 3.28. The summed E-state index contributed by atoms with van der Waals surface area (Å²) in [5.41, 5.74) is -0.769. The molecule has 5 nitrogen and oxygen atoms in total. The first-order valence-corrected chi connectivity index (χ1v) is 8.78. The van der Waals surface area contributed by atoms with Crippen LogP contribution in [0.2, 0.25) is 0 Å². The van der Waals surface area contributed by atoms with Crippen molar-refractivity contribution in [2.75, 3.05) is 0 Å². The van der Waals surface area contributed by atoms with Crippen molar-refractivity contribution in [3.8, 4) is 5.69 Å². The molecule has 0 aliphatic rings. The molecule has 29 heavy (non-hydrogen) atoms. The molecule has 9 heteroatoms. The van der Waals surface area contributed by atoms with E-state index in [2.05, 4.69) is 10.3 Å². The maximum Gasteiger partial charge on any atom is 0.405 e. The van der Waals surface area contributed by atoms with E-state index < -0.39 is 35.4 Å². The first-order chi connectivity index (χ1) is 13.4. The van der Waals surface area contributed by atoms with Crippen LogP contribution in [0, 0.1) is 28.7 Å². The van der Waals surface area contributed by atoms with E-state index in [0.717, 1.165) is 18.2 Å². The van der Waals surface area contributed by atoms with Crippen LogP contribution in [0.25, 0.3) is 16.7 Å². The zero-order chi connectivity index (χ0) is 21.5. The standard InChI is InChI=1S/C20H19F4N3O2/c1-20(2,3)9-15(25-19(28)29)18-26-17-14(24)7-12(23)8-16(17)27(18)13-5-10(21)4-11(22)6-13/h4-8,15,25H,9H2,1-3H3,(H,28,29). The van der Waals surface area contributed by atoms with Crippen molar-refractivity contribution in [3.05, 3.63) is 59.4 Å². The monoisotopic (exact) mass is 409 g/mol. The summed E-state index contributed by atoms with van der Waals surface area (Å²) < 4.78 is 57.2. The normalized spacial score (nSPS) is 12.9. The van der Waals surface area contributed by atoms with Crippen molar-refractivity contribution in [3.63, 3.8) is 0 Å². The number of imidazole rings is 1. The minimum atomic E-state index is -1.35. The van der Waals surface area contributed by atoms with E-state index in [0.29, 0.717) is 12.1 Å². The largest absolute Gasteiger partial charge is 0.465 e. The molecule has 0 radical (unpaired) electrons. The lowest BCUT2D eigenvalue weighted by Crippen LogP contribution is -2.32.